The Morgan fingerprint density at radius 1 is 1.56 bits per heavy atom. The van der Waals surface area contributed by atoms with Crippen molar-refractivity contribution in [3.8, 4) is 0 Å². The largest absolute Gasteiger partial charge is 0.478 e. The molecule has 0 saturated heterocycles. The lowest BCUT2D eigenvalue weighted by Crippen LogP contribution is -2.08. The molecule has 0 bridgehead atoms. The number of pyridine rings is 1. The Morgan fingerprint density at radius 3 is 2.94 bits per heavy atom. The number of hydrogen-bond acceptors (Lipinski definition) is 5. The second-order valence-corrected chi connectivity index (χ2v) is 4.55. The fourth-order valence-corrected chi connectivity index (χ4v) is 1.75. The van der Waals surface area contributed by atoms with Gasteiger partial charge in [-0.1, -0.05) is 5.16 Å². The minimum atomic E-state index is -1.04. The predicted octanol–water partition coefficient (Wildman–Crippen LogP) is 2.45. The van der Waals surface area contributed by atoms with E-state index in [1.165, 1.54) is 12.3 Å². The third-order valence-corrected chi connectivity index (χ3v) is 2.63. The van der Waals surface area contributed by atoms with E-state index in [2.05, 4.69) is 31.4 Å². The zero-order valence-electron chi connectivity index (χ0n) is 9.48. The highest BCUT2D eigenvalue weighted by atomic mass is 79.9. The van der Waals surface area contributed by atoms with Crippen LogP contribution in [0.5, 0.6) is 0 Å². The van der Waals surface area contributed by atoms with Crippen molar-refractivity contribution in [3.05, 3.63) is 39.8 Å². The molecule has 0 spiro atoms. The summed E-state index contributed by atoms with van der Waals surface area (Å²) in [5, 5.41) is 15.8. The fraction of sp³-hybridized carbons (Fsp3) is 0.182. The molecular formula is C11H10BrN3O3. The highest BCUT2D eigenvalue weighted by Crippen LogP contribution is 2.18. The van der Waals surface area contributed by atoms with Crippen molar-refractivity contribution < 1.29 is 14.4 Å². The molecule has 0 aliphatic heterocycles. The predicted molar refractivity (Wildman–Crippen MR) is 67.5 cm³/mol. The van der Waals surface area contributed by atoms with E-state index in [1.807, 2.05) is 0 Å². The molecule has 0 aromatic carbocycles. The van der Waals surface area contributed by atoms with Crippen LogP contribution in [-0.4, -0.2) is 21.2 Å². The number of halogens is 1. The lowest BCUT2D eigenvalue weighted by molar-refractivity contribution is 0.0697. The first kappa shape index (κ1) is 12.6. The van der Waals surface area contributed by atoms with E-state index in [-0.39, 0.29) is 5.56 Å². The summed E-state index contributed by atoms with van der Waals surface area (Å²) in [6, 6.07) is 3.26. The molecule has 0 aliphatic carbocycles. The Morgan fingerprint density at radius 2 is 2.33 bits per heavy atom. The Bertz CT molecular complexity index is 583. The number of aromatic nitrogens is 2. The summed E-state index contributed by atoms with van der Waals surface area (Å²) in [4.78, 5) is 15.1. The van der Waals surface area contributed by atoms with Gasteiger partial charge in [0.15, 0.2) is 0 Å². The van der Waals surface area contributed by atoms with Crippen molar-refractivity contribution in [2.75, 3.05) is 5.32 Å². The number of nitrogens with one attached hydrogen (secondary N) is 1. The van der Waals surface area contributed by atoms with Gasteiger partial charge >= 0.3 is 5.97 Å². The molecule has 0 fully saturated rings. The maximum atomic E-state index is 11.1. The first-order chi connectivity index (χ1) is 8.56. The van der Waals surface area contributed by atoms with Gasteiger partial charge in [0.1, 0.15) is 22.8 Å². The van der Waals surface area contributed by atoms with E-state index in [4.69, 9.17) is 9.63 Å². The summed E-state index contributed by atoms with van der Waals surface area (Å²) < 4.78 is 5.53. The van der Waals surface area contributed by atoms with Crippen LogP contribution in [0.25, 0.3) is 0 Å². The van der Waals surface area contributed by atoms with E-state index in [0.717, 1.165) is 0 Å². The van der Waals surface area contributed by atoms with Gasteiger partial charge in [0.05, 0.1) is 6.54 Å². The van der Waals surface area contributed by atoms with Crippen molar-refractivity contribution in [1.82, 2.24) is 10.1 Å². The number of aryl methyl sites for hydroxylation is 1. The summed E-state index contributed by atoms with van der Waals surface area (Å²) in [5.74, 6) is -0.0389. The molecule has 2 N–H and O–H groups in total. The molecule has 0 saturated carbocycles. The van der Waals surface area contributed by atoms with Gasteiger partial charge in [-0.15, -0.1) is 0 Å². The summed E-state index contributed by atoms with van der Waals surface area (Å²) in [6.45, 7) is 2.14. The van der Waals surface area contributed by atoms with E-state index in [0.29, 0.717) is 28.3 Å². The molecule has 7 heteroatoms. The van der Waals surface area contributed by atoms with Crippen LogP contribution in [0.1, 0.15) is 21.8 Å². The average molecular weight is 312 g/mol. The number of aromatic carboxylic acids is 1. The van der Waals surface area contributed by atoms with Crippen molar-refractivity contribution in [1.29, 1.82) is 0 Å². The van der Waals surface area contributed by atoms with Gasteiger partial charge in [0.25, 0.3) is 0 Å². The van der Waals surface area contributed by atoms with Gasteiger partial charge in [0, 0.05) is 16.7 Å². The van der Waals surface area contributed by atoms with Crippen LogP contribution in [-0.2, 0) is 6.54 Å². The zero-order chi connectivity index (χ0) is 13.1. The highest BCUT2D eigenvalue weighted by Gasteiger charge is 2.12. The lowest BCUT2D eigenvalue weighted by Gasteiger charge is -2.06. The van der Waals surface area contributed by atoms with Gasteiger partial charge in [0.2, 0.25) is 0 Å². The van der Waals surface area contributed by atoms with Gasteiger partial charge in [-0.2, -0.15) is 0 Å². The molecular weight excluding hydrogens is 302 g/mol. The Labute approximate surface area is 111 Å². The van der Waals surface area contributed by atoms with Gasteiger partial charge < -0.3 is 14.9 Å². The van der Waals surface area contributed by atoms with E-state index in [1.54, 1.807) is 13.0 Å². The summed E-state index contributed by atoms with van der Waals surface area (Å²) in [5.41, 5.74) is 0.790. The molecule has 0 atom stereocenters. The quantitative estimate of drug-likeness (QED) is 0.901. The third-order valence-electron chi connectivity index (χ3n) is 2.20. The Kier molecular flexibility index (Phi) is 3.61. The SMILES string of the molecule is Cc1cc(CNc2ncc(Br)cc2C(=O)O)no1. The topological polar surface area (TPSA) is 88.2 Å². The Balaban J connectivity index is 2.16. The number of nitrogens with zero attached hydrogens (tertiary/aromatic N) is 2. The molecule has 94 valence electrons. The number of anilines is 1. The van der Waals surface area contributed by atoms with Gasteiger partial charge in [-0.3, -0.25) is 0 Å². The van der Waals surface area contributed by atoms with Crippen LogP contribution >= 0.6 is 15.9 Å². The summed E-state index contributed by atoms with van der Waals surface area (Å²) in [6.07, 6.45) is 1.53. The van der Waals surface area contributed by atoms with Gasteiger partial charge in [-0.05, 0) is 28.9 Å². The normalized spacial score (nSPS) is 10.3. The summed E-state index contributed by atoms with van der Waals surface area (Å²) >= 11 is 3.18. The molecule has 0 aliphatic rings. The standard InChI is InChI=1S/C11H10BrN3O3/c1-6-2-8(15-18-6)5-14-10-9(11(16)17)3-7(12)4-13-10/h2-4H,5H2,1H3,(H,13,14)(H,16,17). The van der Waals surface area contributed by atoms with Crippen LogP contribution in [0.4, 0.5) is 5.82 Å². The van der Waals surface area contributed by atoms with Crippen molar-refractivity contribution in [2.24, 2.45) is 0 Å². The zero-order valence-corrected chi connectivity index (χ0v) is 11.1. The lowest BCUT2D eigenvalue weighted by atomic mass is 10.2. The molecule has 18 heavy (non-hydrogen) atoms. The van der Waals surface area contributed by atoms with Crippen LogP contribution in [0.2, 0.25) is 0 Å². The molecule has 2 aromatic rings. The van der Waals surface area contributed by atoms with E-state index < -0.39 is 5.97 Å². The molecule has 2 aromatic heterocycles. The summed E-state index contributed by atoms with van der Waals surface area (Å²) in [7, 11) is 0. The highest BCUT2D eigenvalue weighted by molar-refractivity contribution is 9.10. The maximum Gasteiger partial charge on any atom is 0.339 e. The Hall–Kier alpha value is -1.89. The second-order valence-electron chi connectivity index (χ2n) is 3.64. The number of rotatable bonds is 4. The molecule has 6 nitrogen and oxygen atoms in total. The number of carboxylic acids is 1. The van der Waals surface area contributed by atoms with Crippen LogP contribution < -0.4 is 5.32 Å². The molecule has 2 heterocycles. The van der Waals surface area contributed by atoms with Crippen molar-refractivity contribution in [3.63, 3.8) is 0 Å². The first-order valence-corrected chi connectivity index (χ1v) is 5.90. The fourth-order valence-electron chi connectivity index (χ4n) is 1.42. The molecule has 0 unspecified atom stereocenters. The van der Waals surface area contributed by atoms with Crippen molar-refractivity contribution in [2.45, 2.75) is 13.5 Å². The average Bonchev–Trinajstić information content (AvgIpc) is 2.73. The number of carboxylic acid groups (broad SMARTS) is 1. The van der Waals surface area contributed by atoms with Crippen LogP contribution in [0.15, 0.2) is 27.3 Å². The van der Waals surface area contributed by atoms with E-state index in [9.17, 15) is 4.79 Å². The van der Waals surface area contributed by atoms with Crippen LogP contribution in [0, 0.1) is 6.92 Å². The third kappa shape index (κ3) is 2.86. The smallest absolute Gasteiger partial charge is 0.339 e. The minimum absolute atomic E-state index is 0.101. The second kappa shape index (κ2) is 5.18. The van der Waals surface area contributed by atoms with Gasteiger partial charge in [-0.25, -0.2) is 9.78 Å². The van der Waals surface area contributed by atoms with E-state index >= 15 is 0 Å². The molecule has 0 radical (unpaired) electrons. The molecule has 0 amide bonds. The monoisotopic (exact) mass is 311 g/mol. The number of carbonyl (C=O) groups is 1. The minimum Gasteiger partial charge on any atom is -0.478 e. The first-order valence-electron chi connectivity index (χ1n) is 5.11. The van der Waals surface area contributed by atoms with Crippen LogP contribution in [0.3, 0.4) is 0 Å². The molecule has 2 rings (SSSR count). The van der Waals surface area contributed by atoms with Crippen molar-refractivity contribution >= 4 is 27.7 Å². The number of hydrogen-bond donors (Lipinski definition) is 2. The maximum absolute atomic E-state index is 11.1.